The van der Waals surface area contributed by atoms with E-state index in [1.165, 1.54) is 0 Å². The number of carbonyl (C=O) groups excluding carboxylic acids is 2. The molecule has 0 saturated heterocycles. The van der Waals surface area contributed by atoms with Gasteiger partial charge in [-0.3, -0.25) is 10.1 Å². The van der Waals surface area contributed by atoms with E-state index in [2.05, 4.69) is 0 Å². The quantitative estimate of drug-likeness (QED) is 0.625. The summed E-state index contributed by atoms with van der Waals surface area (Å²) >= 11 is 0. The van der Waals surface area contributed by atoms with Crippen molar-refractivity contribution in [2.45, 2.75) is 50.9 Å². The Balaban J connectivity index is 2.40. The van der Waals surface area contributed by atoms with Gasteiger partial charge in [-0.2, -0.15) is 0 Å². The molecule has 1 fully saturated rings. The fourth-order valence-corrected chi connectivity index (χ4v) is 1.84. The summed E-state index contributed by atoms with van der Waals surface area (Å²) in [4.78, 5) is 21.8. The number of rotatable bonds is 3. The first kappa shape index (κ1) is 12.9. The molecule has 0 aromatic heterocycles. The molecule has 3 atom stereocenters. The molecule has 1 saturated carbocycles. The molecule has 1 aliphatic carbocycles. The fraction of sp³-hybridized carbons (Fsp3) is 0.800. The van der Waals surface area contributed by atoms with Crippen LogP contribution in [-0.2, 0) is 9.53 Å². The molecule has 0 aromatic rings. The second-order valence-corrected chi connectivity index (χ2v) is 4.12. The van der Waals surface area contributed by atoms with Crippen molar-refractivity contribution in [3.05, 3.63) is 0 Å². The smallest absolute Gasteiger partial charge is 0.318 e. The zero-order valence-corrected chi connectivity index (χ0v) is 9.44. The van der Waals surface area contributed by atoms with Gasteiger partial charge in [0.25, 0.3) is 5.91 Å². The van der Waals surface area contributed by atoms with Crippen LogP contribution >= 0.6 is 0 Å². The molecule has 0 bridgehead atoms. The molecule has 5 N–H and O–H groups in total. The highest BCUT2D eigenvalue weighted by molar-refractivity contribution is 5.95. The van der Waals surface area contributed by atoms with Crippen LogP contribution in [0.25, 0.3) is 0 Å². The van der Waals surface area contributed by atoms with Crippen LogP contribution < -0.4 is 16.8 Å². The van der Waals surface area contributed by atoms with Crippen LogP contribution in [0, 0.1) is 0 Å². The molecule has 0 spiro atoms. The number of carbonyl (C=O) groups is 2. The molecule has 1 aliphatic rings. The first-order chi connectivity index (χ1) is 7.50. The summed E-state index contributed by atoms with van der Waals surface area (Å²) in [6.45, 7) is 1.58. The van der Waals surface area contributed by atoms with Crippen molar-refractivity contribution in [3.63, 3.8) is 0 Å². The van der Waals surface area contributed by atoms with Crippen molar-refractivity contribution in [3.8, 4) is 0 Å². The van der Waals surface area contributed by atoms with Crippen LogP contribution in [0.5, 0.6) is 0 Å². The Morgan fingerprint density at radius 2 is 2.00 bits per heavy atom. The number of urea groups is 1. The van der Waals surface area contributed by atoms with Gasteiger partial charge in [-0.25, -0.2) is 4.79 Å². The van der Waals surface area contributed by atoms with Crippen molar-refractivity contribution in [1.82, 2.24) is 5.32 Å². The van der Waals surface area contributed by atoms with E-state index < -0.39 is 18.0 Å². The zero-order valence-electron chi connectivity index (χ0n) is 9.44. The van der Waals surface area contributed by atoms with E-state index in [0.29, 0.717) is 0 Å². The third kappa shape index (κ3) is 3.79. The molecule has 92 valence electrons. The first-order valence-corrected chi connectivity index (χ1v) is 5.52. The lowest BCUT2D eigenvalue weighted by Gasteiger charge is -2.30. The third-order valence-corrected chi connectivity index (χ3v) is 2.75. The fourth-order valence-electron chi connectivity index (χ4n) is 1.84. The molecule has 3 amide bonds. The predicted octanol–water partition coefficient (Wildman–Crippen LogP) is -0.144. The Kier molecular flexibility index (Phi) is 4.70. The van der Waals surface area contributed by atoms with E-state index in [4.69, 9.17) is 16.2 Å². The topological polar surface area (TPSA) is 107 Å². The average Bonchev–Trinajstić information content (AvgIpc) is 2.20. The first-order valence-electron chi connectivity index (χ1n) is 5.52. The highest BCUT2D eigenvalue weighted by Crippen LogP contribution is 2.20. The molecule has 3 unspecified atom stereocenters. The van der Waals surface area contributed by atoms with Gasteiger partial charge in [0.1, 0.15) is 6.10 Å². The SMILES string of the molecule is CC(OC1CCCCC1N)C(=O)NC(N)=O. The minimum atomic E-state index is -0.867. The lowest BCUT2D eigenvalue weighted by Crippen LogP contribution is -2.46. The Hall–Kier alpha value is -1.14. The van der Waals surface area contributed by atoms with Crippen molar-refractivity contribution in [1.29, 1.82) is 0 Å². The van der Waals surface area contributed by atoms with Crippen molar-refractivity contribution >= 4 is 11.9 Å². The average molecular weight is 229 g/mol. The highest BCUT2D eigenvalue weighted by atomic mass is 16.5. The predicted molar refractivity (Wildman–Crippen MR) is 58.5 cm³/mol. The van der Waals surface area contributed by atoms with E-state index >= 15 is 0 Å². The number of hydrogen-bond donors (Lipinski definition) is 3. The van der Waals surface area contributed by atoms with E-state index in [0.717, 1.165) is 25.7 Å². The maximum absolute atomic E-state index is 11.4. The molecule has 0 radical (unpaired) electrons. The van der Waals surface area contributed by atoms with Crippen LogP contribution in [0.1, 0.15) is 32.6 Å². The van der Waals surface area contributed by atoms with Gasteiger partial charge in [0.05, 0.1) is 6.10 Å². The van der Waals surface area contributed by atoms with Crippen LogP contribution in [0.3, 0.4) is 0 Å². The summed E-state index contributed by atoms with van der Waals surface area (Å²) in [6, 6.07) is -0.897. The summed E-state index contributed by atoms with van der Waals surface area (Å²) in [5, 5.41) is 1.98. The number of imide groups is 1. The lowest BCUT2D eigenvalue weighted by atomic mass is 9.93. The van der Waals surface area contributed by atoms with Gasteiger partial charge in [0.15, 0.2) is 0 Å². The molecule has 6 nitrogen and oxygen atoms in total. The number of nitrogens with one attached hydrogen (secondary N) is 1. The Morgan fingerprint density at radius 1 is 1.38 bits per heavy atom. The minimum absolute atomic E-state index is 0.0300. The third-order valence-electron chi connectivity index (χ3n) is 2.75. The largest absolute Gasteiger partial charge is 0.364 e. The van der Waals surface area contributed by atoms with Crippen LogP contribution in [0.15, 0.2) is 0 Å². The molecule has 16 heavy (non-hydrogen) atoms. The highest BCUT2D eigenvalue weighted by Gasteiger charge is 2.26. The van der Waals surface area contributed by atoms with E-state index in [9.17, 15) is 9.59 Å². The van der Waals surface area contributed by atoms with Gasteiger partial charge in [-0.05, 0) is 19.8 Å². The maximum atomic E-state index is 11.4. The normalized spacial score (nSPS) is 27.1. The molecular formula is C10H19N3O3. The molecule has 1 rings (SSSR count). The van der Waals surface area contributed by atoms with Gasteiger partial charge < -0.3 is 16.2 Å². The summed E-state index contributed by atoms with van der Waals surface area (Å²) in [6.07, 6.45) is 3.11. The van der Waals surface area contributed by atoms with Crippen LogP contribution in [-0.4, -0.2) is 30.2 Å². The second-order valence-electron chi connectivity index (χ2n) is 4.12. The number of nitrogens with two attached hydrogens (primary N) is 2. The standard InChI is InChI=1S/C10H19N3O3/c1-6(9(14)13-10(12)15)16-8-5-3-2-4-7(8)11/h6-8H,2-5,11H2,1H3,(H3,12,13,14,15). The summed E-state index contributed by atoms with van der Waals surface area (Å²) < 4.78 is 5.52. The summed E-state index contributed by atoms with van der Waals surface area (Å²) in [5.41, 5.74) is 10.7. The van der Waals surface area contributed by atoms with Gasteiger partial charge in [-0.15, -0.1) is 0 Å². The summed E-state index contributed by atoms with van der Waals surface area (Å²) in [7, 11) is 0. The second kappa shape index (κ2) is 5.81. The number of ether oxygens (including phenoxy) is 1. The van der Waals surface area contributed by atoms with E-state index in [1.807, 2.05) is 5.32 Å². The molecule has 0 heterocycles. The monoisotopic (exact) mass is 229 g/mol. The lowest BCUT2D eigenvalue weighted by molar-refractivity contribution is -0.136. The van der Waals surface area contributed by atoms with Crippen molar-refractivity contribution in [2.75, 3.05) is 0 Å². The zero-order chi connectivity index (χ0) is 12.1. The van der Waals surface area contributed by atoms with E-state index in [-0.39, 0.29) is 12.1 Å². The Labute approximate surface area is 94.7 Å². The minimum Gasteiger partial charge on any atom is -0.364 e. The van der Waals surface area contributed by atoms with Gasteiger partial charge in [0.2, 0.25) is 0 Å². The van der Waals surface area contributed by atoms with Gasteiger partial charge >= 0.3 is 6.03 Å². The molecule has 0 aromatic carbocycles. The Bertz CT molecular complexity index is 270. The number of hydrogen-bond acceptors (Lipinski definition) is 4. The van der Waals surface area contributed by atoms with Gasteiger partial charge in [0, 0.05) is 6.04 Å². The van der Waals surface area contributed by atoms with Gasteiger partial charge in [-0.1, -0.05) is 12.8 Å². The van der Waals surface area contributed by atoms with Crippen LogP contribution in [0.2, 0.25) is 0 Å². The van der Waals surface area contributed by atoms with Crippen molar-refractivity contribution in [2.24, 2.45) is 11.5 Å². The number of primary amides is 1. The Morgan fingerprint density at radius 3 is 2.56 bits per heavy atom. The van der Waals surface area contributed by atoms with Crippen molar-refractivity contribution < 1.29 is 14.3 Å². The maximum Gasteiger partial charge on any atom is 0.318 e. The molecular weight excluding hydrogens is 210 g/mol. The summed E-state index contributed by atoms with van der Waals surface area (Å²) in [5.74, 6) is -0.523. The van der Waals surface area contributed by atoms with E-state index in [1.54, 1.807) is 6.92 Å². The molecule has 6 heteroatoms. The number of amides is 3. The van der Waals surface area contributed by atoms with Crippen LogP contribution in [0.4, 0.5) is 4.79 Å². The molecule has 0 aliphatic heterocycles.